The Morgan fingerprint density at radius 3 is 2.41 bits per heavy atom. The van der Waals surface area contributed by atoms with Crippen molar-refractivity contribution >= 4 is 17.5 Å². The molecule has 0 aromatic heterocycles. The van der Waals surface area contributed by atoms with Crippen molar-refractivity contribution in [3.63, 3.8) is 0 Å². The smallest absolute Gasteiger partial charge is 0.255 e. The molecule has 5 heteroatoms. The summed E-state index contributed by atoms with van der Waals surface area (Å²) in [5, 5.41) is 3.57. The molecule has 0 unspecified atom stereocenters. The summed E-state index contributed by atoms with van der Waals surface area (Å²) < 4.78 is 11.1. The molecule has 0 fully saturated rings. The van der Waals surface area contributed by atoms with E-state index in [1.165, 1.54) is 0 Å². The van der Waals surface area contributed by atoms with E-state index in [1.807, 2.05) is 61.5 Å². The first-order valence-corrected chi connectivity index (χ1v) is 9.89. The van der Waals surface area contributed by atoms with Gasteiger partial charge >= 0.3 is 0 Å². The first kappa shape index (κ1) is 20.7. The number of carbonyl (C=O) groups excluding carboxylic acids is 1. The second-order valence-electron chi connectivity index (χ2n) is 6.62. The Labute approximate surface area is 176 Å². The zero-order valence-corrected chi connectivity index (χ0v) is 17.3. The molecule has 3 rings (SSSR count). The van der Waals surface area contributed by atoms with Crippen LogP contribution >= 0.6 is 11.6 Å². The van der Waals surface area contributed by atoms with E-state index in [0.717, 1.165) is 23.3 Å². The number of hydrogen-bond acceptors (Lipinski definition) is 3. The van der Waals surface area contributed by atoms with Gasteiger partial charge in [-0.2, -0.15) is 0 Å². The lowest BCUT2D eigenvalue weighted by atomic mass is 10.0. The Hall–Kier alpha value is -2.98. The van der Waals surface area contributed by atoms with Crippen molar-refractivity contribution in [3.05, 3.63) is 94.5 Å². The third-order valence-corrected chi connectivity index (χ3v) is 4.89. The molecule has 0 radical (unpaired) electrons. The number of halogens is 1. The number of benzene rings is 3. The monoisotopic (exact) mass is 409 g/mol. The third kappa shape index (κ3) is 5.52. The summed E-state index contributed by atoms with van der Waals surface area (Å²) in [6.07, 6.45) is 0.749. The fraction of sp³-hybridized carbons (Fsp3) is 0.208. The summed E-state index contributed by atoms with van der Waals surface area (Å²) in [5.74, 6) is 1.06. The Morgan fingerprint density at radius 1 is 1.03 bits per heavy atom. The normalized spacial score (nSPS) is 11.6. The van der Waals surface area contributed by atoms with Gasteiger partial charge in [-0.15, -0.1) is 0 Å². The molecule has 1 amide bonds. The molecule has 3 aromatic carbocycles. The predicted octanol–water partition coefficient (Wildman–Crippen LogP) is 5.81. The molecule has 0 bridgehead atoms. The largest absolute Gasteiger partial charge is 0.497 e. The van der Waals surface area contributed by atoms with Crippen LogP contribution in [0.1, 0.15) is 40.9 Å². The lowest BCUT2D eigenvalue weighted by molar-refractivity contribution is 0.0931. The highest BCUT2D eigenvalue weighted by Crippen LogP contribution is 2.26. The van der Waals surface area contributed by atoms with E-state index in [-0.39, 0.29) is 11.9 Å². The first-order valence-electron chi connectivity index (χ1n) is 9.51. The summed E-state index contributed by atoms with van der Waals surface area (Å²) >= 11 is 6.15. The molecule has 0 saturated heterocycles. The van der Waals surface area contributed by atoms with Crippen molar-refractivity contribution in [1.29, 1.82) is 0 Å². The van der Waals surface area contributed by atoms with Gasteiger partial charge in [0.15, 0.2) is 0 Å². The van der Waals surface area contributed by atoms with Crippen LogP contribution in [0.25, 0.3) is 0 Å². The van der Waals surface area contributed by atoms with E-state index in [4.69, 9.17) is 21.1 Å². The average Bonchev–Trinajstić information content (AvgIpc) is 2.77. The van der Waals surface area contributed by atoms with Crippen LogP contribution in [0.15, 0.2) is 72.8 Å². The summed E-state index contributed by atoms with van der Waals surface area (Å²) in [6, 6.07) is 22.5. The van der Waals surface area contributed by atoms with E-state index < -0.39 is 0 Å². The van der Waals surface area contributed by atoms with Crippen LogP contribution in [0.5, 0.6) is 11.5 Å². The zero-order chi connectivity index (χ0) is 20.6. The third-order valence-electron chi connectivity index (χ3n) is 4.66. The Bertz CT molecular complexity index is 942. The van der Waals surface area contributed by atoms with Crippen LogP contribution in [0.3, 0.4) is 0 Å². The summed E-state index contributed by atoms with van der Waals surface area (Å²) in [5.41, 5.74) is 2.45. The van der Waals surface area contributed by atoms with Crippen molar-refractivity contribution < 1.29 is 14.3 Å². The molecule has 4 nitrogen and oxygen atoms in total. The SMILES string of the molecule is CC[C@H](NC(=O)c1cc(Cl)ccc1OCc1ccccc1)c1ccc(OC)cc1. The van der Waals surface area contributed by atoms with Crippen LogP contribution < -0.4 is 14.8 Å². The number of methoxy groups -OCH3 is 1. The number of amides is 1. The Kier molecular flexibility index (Phi) is 7.14. The van der Waals surface area contributed by atoms with Gasteiger partial charge in [-0.3, -0.25) is 4.79 Å². The molecule has 0 aliphatic rings. The molecule has 0 spiro atoms. The molecule has 1 N–H and O–H groups in total. The molecule has 29 heavy (non-hydrogen) atoms. The highest BCUT2D eigenvalue weighted by molar-refractivity contribution is 6.31. The lowest BCUT2D eigenvalue weighted by Gasteiger charge is -2.19. The summed E-state index contributed by atoms with van der Waals surface area (Å²) in [6.45, 7) is 2.40. The molecule has 0 aliphatic carbocycles. The molecule has 0 saturated carbocycles. The van der Waals surface area contributed by atoms with E-state index >= 15 is 0 Å². The maximum atomic E-state index is 13.0. The number of hydrogen-bond donors (Lipinski definition) is 1. The Balaban J connectivity index is 1.76. The minimum Gasteiger partial charge on any atom is -0.497 e. The fourth-order valence-electron chi connectivity index (χ4n) is 3.03. The van der Waals surface area contributed by atoms with Crippen LogP contribution in [-0.2, 0) is 6.61 Å². The van der Waals surface area contributed by atoms with Crippen molar-refractivity contribution in [3.8, 4) is 11.5 Å². The molecular weight excluding hydrogens is 386 g/mol. The lowest BCUT2D eigenvalue weighted by Crippen LogP contribution is -2.28. The van der Waals surface area contributed by atoms with Gasteiger partial charge in [-0.25, -0.2) is 0 Å². The highest BCUT2D eigenvalue weighted by Gasteiger charge is 2.18. The number of nitrogens with one attached hydrogen (secondary N) is 1. The maximum absolute atomic E-state index is 13.0. The van der Waals surface area contributed by atoms with Crippen LogP contribution in [0, 0.1) is 0 Å². The second kappa shape index (κ2) is 9.99. The van der Waals surface area contributed by atoms with Crippen molar-refractivity contribution in [2.75, 3.05) is 7.11 Å². The number of ether oxygens (including phenoxy) is 2. The molecule has 0 aliphatic heterocycles. The number of rotatable bonds is 8. The number of carbonyl (C=O) groups is 1. The quantitative estimate of drug-likeness (QED) is 0.510. The van der Waals surface area contributed by atoms with Crippen LogP contribution in [0.4, 0.5) is 0 Å². The maximum Gasteiger partial charge on any atom is 0.255 e. The zero-order valence-electron chi connectivity index (χ0n) is 16.5. The predicted molar refractivity (Wildman–Crippen MR) is 116 cm³/mol. The molecular formula is C24H24ClNO3. The van der Waals surface area contributed by atoms with Gasteiger partial charge in [0.25, 0.3) is 5.91 Å². The molecule has 0 heterocycles. The van der Waals surface area contributed by atoms with Gasteiger partial charge in [0.2, 0.25) is 0 Å². The first-order chi connectivity index (χ1) is 14.1. The summed E-state index contributed by atoms with van der Waals surface area (Å²) in [7, 11) is 1.63. The highest BCUT2D eigenvalue weighted by atomic mass is 35.5. The minimum absolute atomic E-state index is 0.130. The van der Waals surface area contributed by atoms with Gasteiger partial charge < -0.3 is 14.8 Å². The molecule has 1 atom stereocenters. The van der Waals surface area contributed by atoms with Crippen molar-refractivity contribution in [2.45, 2.75) is 26.0 Å². The second-order valence-corrected chi connectivity index (χ2v) is 7.06. The van der Waals surface area contributed by atoms with Crippen molar-refractivity contribution in [2.24, 2.45) is 0 Å². The van der Waals surface area contributed by atoms with E-state index in [2.05, 4.69) is 5.32 Å². The summed E-state index contributed by atoms with van der Waals surface area (Å²) in [4.78, 5) is 13.0. The van der Waals surface area contributed by atoms with Crippen LogP contribution in [-0.4, -0.2) is 13.0 Å². The average molecular weight is 410 g/mol. The van der Waals surface area contributed by atoms with Gasteiger partial charge in [0, 0.05) is 5.02 Å². The topological polar surface area (TPSA) is 47.6 Å². The van der Waals surface area contributed by atoms with E-state index in [1.54, 1.807) is 25.3 Å². The van der Waals surface area contributed by atoms with Crippen molar-refractivity contribution in [1.82, 2.24) is 5.32 Å². The minimum atomic E-state index is -0.224. The Morgan fingerprint density at radius 2 is 1.76 bits per heavy atom. The van der Waals surface area contributed by atoms with Gasteiger partial charge in [-0.05, 0) is 47.9 Å². The van der Waals surface area contributed by atoms with Gasteiger partial charge in [0.05, 0.1) is 18.7 Å². The fourth-order valence-corrected chi connectivity index (χ4v) is 3.21. The van der Waals surface area contributed by atoms with Gasteiger partial charge in [0.1, 0.15) is 18.1 Å². The molecule has 150 valence electrons. The molecule has 3 aromatic rings. The standard InChI is InChI=1S/C24H24ClNO3/c1-3-22(18-9-12-20(28-2)13-10-18)26-24(27)21-15-19(25)11-14-23(21)29-16-17-7-5-4-6-8-17/h4-15,22H,3,16H2,1-2H3,(H,26,27)/t22-/m0/s1. The van der Waals surface area contributed by atoms with Crippen LogP contribution in [0.2, 0.25) is 5.02 Å². The van der Waals surface area contributed by atoms with E-state index in [9.17, 15) is 4.79 Å². The van der Waals surface area contributed by atoms with E-state index in [0.29, 0.717) is 22.9 Å². The van der Waals surface area contributed by atoms with Gasteiger partial charge in [-0.1, -0.05) is 61.0 Å².